The summed E-state index contributed by atoms with van der Waals surface area (Å²) in [4.78, 5) is 14.3. The van der Waals surface area contributed by atoms with Gasteiger partial charge in [-0.2, -0.15) is 11.3 Å². The lowest BCUT2D eigenvalue weighted by Gasteiger charge is -2.29. The van der Waals surface area contributed by atoms with Crippen molar-refractivity contribution in [1.82, 2.24) is 10.2 Å². The molecule has 1 aromatic heterocycles. The van der Waals surface area contributed by atoms with E-state index in [2.05, 4.69) is 61.7 Å². The smallest absolute Gasteiger partial charge is 0.243 e. The second-order valence-corrected chi connectivity index (χ2v) is 7.02. The van der Waals surface area contributed by atoms with Crippen molar-refractivity contribution in [2.75, 3.05) is 19.6 Å². The average molecular weight is 308 g/mol. The van der Waals surface area contributed by atoms with Gasteiger partial charge in [-0.05, 0) is 47.0 Å². The predicted octanol–water partition coefficient (Wildman–Crippen LogP) is 3.85. The third-order valence-corrected chi connectivity index (χ3v) is 4.09. The van der Waals surface area contributed by atoms with Crippen molar-refractivity contribution in [3.8, 4) is 0 Å². The number of thiophene rings is 1. The lowest BCUT2D eigenvalue weighted by Crippen LogP contribution is -2.37. The van der Waals surface area contributed by atoms with Gasteiger partial charge in [0.1, 0.15) is 0 Å². The van der Waals surface area contributed by atoms with Crippen LogP contribution >= 0.6 is 11.3 Å². The van der Waals surface area contributed by atoms with Crippen LogP contribution in [0.5, 0.6) is 0 Å². The van der Waals surface area contributed by atoms with E-state index in [-0.39, 0.29) is 17.4 Å². The first-order valence-corrected chi connectivity index (χ1v) is 8.55. The van der Waals surface area contributed by atoms with Crippen LogP contribution in [0, 0.1) is 5.41 Å². The van der Waals surface area contributed by atoms with E-state index >= 15 is 0 Å². The van der Waals surface area contributed by atoms with Crippen LogP contribution in [0.15, 0.2) is 29.0 Å². The second-order valence-electron chi connectivity index (χ2n) is 6.24. The van der Waals surface area contributed by atoms with Crippen LogP contribution in [0.25, 0.3) is 0 Å². The molecule has 1 amide bonds. The number of amides is 1. The van der Waals surface area contributed by atoms with Gasteiger partial charge in [0.05, 0.1) is 6.04 Å². The van der Waals surface area contributed by atoms with Gasteiger partial charge in [0.2, 0.25) is 5.91 Å². The van der Waals surface area contributed by atoms with Crippen molar-refractivity contribution < 1.29 is 4.79 Å². The zero-order valence-corrected chi connectivity index (χ0v) is 14.7. The molecule has 0 aliphatic heterocycles. The first-order chi connectivity index (χ1) is 9.87. The molecular weight excluding hydrogens is 280 g/mol. The Morgan fingerprint density at radius 3 is 2.52 bits per heavy atom. The molecule has 0 aliphatic carbocycles. The number of carbonyl (C=O) groups excluding carboxylic acids is 1. The highest BCUT2D eigenvalue weighted by Gasteiger charge is 2.18. The highest BCUT2D eigenvalue weighted by atomic mass is 32.1. The number of hydrogen-bond acceptors (Lipinski definition) is 3. The van der Waals surface area contributed by atoms with Gasteiger partial charge in [0.25, 0.3) is 0 Å². The number of hydrogen-bond donors (Lipinski definition) is 1. The van der Waals surface area contributed by atoms with Gasteiger partial charge in [-0.1, -0.05) is 40.7 Å². The fourth-order valence-corrected chi connectivity index (χ4v) is 2.88. The zero-order valence-electron chi connectivity index (χ0n) is 13.8. The highest BCUT2D eigenvalue weighted by Crippen LogP contribution is 2.22. The molecule has 1 N–H and O–H groups in total. The molecule has 0 fully saturated rings. The Morgan fingerprint density at radius 2 is 2.05 bits per heavy atom. The van der Waals surface area contributed by atoms with Gasteiger partial charge in [-0.25, -0.2) is 0 Å². The van der Waals surface area contributed by atoms with Gasteiger partial charge in [0, 0.05) is 6.54 Å². The summed E-state index contributed by atoms with van der Waals surface area (Å²) in [7, 11) is 0. The van der Waals surface area contributed by atoms with Gasteiger partial charge in [-0.15, -0.1) is 0 Å². The molecule has 118 valence electrons. The minimum Gasteiger partial charge on any atom is -0.351 e. The Kier molecular flexibility index (Phi) is 7.12. The summed E-state index contributed by atoms with van der Waals surface area (Å²) >= 11 is 1.70. The van der Waals surface area contributed by atoms with Gasteiger partial charge in [-0.3, -0.25) is 9.69 Å². The molecule has 0 radical (unpaired) electrons. The quantitative estimate of drug-likeness (QED) is 0.776. The number of likely N-dealkylation sites (N-methyl/N-ethyl adjacent to an activating group) is 1. The molecule has 4 heteroatoms. The summed E-state index contributed by atoms with van der Waals surface area (Å²) in [5, 5.41) is 7.29. The Balaban J connectivity index is 2.66. The third kappa shape index (κ3) is 6.44. The summed E-state index contributed by atoms with van der Waals surface area (Å²) in [6.07, 6.45) is 3.59. The maximum Gasteiger partial charge on any atom is 0.243 e. The van der Waals surface area contributed by atoms with Crippen LogP contribution in [0.1, 0.15) is 46.2 Å². The number of carbonyl (C=O) groups is 1. The molecule has 0 aromatic carbocycles. The Labute approximate surface area is 133 Å². The molecule has 1 heterocycles. The van der Waals surface area contributed by atoms with Crippen molar-refractivity contribution in [3.05, 3.63) is 34.5 Å². The van der Waals surface area contributed by atoms with E-state index in [4.69, 9.17) is 0 Å². The van der Waals surface area contributed by atoms with Gasteiger partial charge >= 0.3 is 0 Å². The van der Waals surface area contributed by atoms with Crippen LogP contribution in [0.4, 0.5) is 0 Å². The van der Waals surface area contributed by atoms with Crippen LogP contribution in [0.3, 0.4) is 0 Å². The topological polar surface area (TPSA) is 32.3 Å². The molecule has 0 saturated carbocycles. The molecule has 1 unspecified atom stereocenters. The fourth-order valence-electron chi connectivity index (χ4n) is 2.17. The van der Waals surface area contributed by atoms with Gasteiger partial charge in [0.15, 0.2) is 0 Å². The van der Waals surface area contributed by atoms with E-state index in [0.29, 0.717) is 6.54 Å². The summed E-state index contributed by atoms with van der Waals surface area (Å²) in [5.41, 5.74) is 1.31. The second kappa shape index (κ2) is 8.35. The van der Waals surface area contributed by atoms with Crippen LogP contribution in [-0.4, -0.2) is 30.4 Å². The lowest BCUT2D eigenvalue weighted by molar-refractivity contribution is -0.116. The standard InChI is InChI=1S/C17H28N2OS/c1-6-19(7-2)15(14-9-11-21-13-14)12-18-16(20)8-10-17(3,4)5/h8-11,13,15H,6-7,12H2,1-5H3,(H,18,20)/b10-8+. The minimum absolute atomic E-state index is 0.0164. The highest BCUT2D eigenvalue weighted by molar-refractivity contribution is 7.07. The van der Waals surface area contributed by atoms with E-state index in [9.17, 15) is 4.79 Å². The number of rotatable bonds is 7. The third-order valence-electron chi connectivity index (χ3n) is 3.39. The van der Waals surface area contributed by atoms with Crippen LogP contribution in [0.2, 0.25) is 0 Å². The summed E-state index contributed by atoms with van der Waals surface area (Å²) in [6.45, 7) is 13.2. The van der Waals surface area contributed by atoms with E-state index < -0.39 is 0 Å². The first kappa shape index (κ1) is 17.9. The lowest BCUT2D eigenvalue weighted by atomic mass is 9.96. The van der Waals surface area contributed by atoms with E-state index in [0.717, 1.165) is 13.1 Å². The SMILES string of the molecule is CCN(CC)C(CNC(=O)/C=C/C(C)(C)C)c1ccsc1. The largest absolute Gasteiger partial charge is 0.351 e. The number of nitrogens with one attached hydrogen (secondary N) is 1. The molecule has 0 aliphatic rings. The van der Waals surface area contributed by atoms with Crippen molar-refractivity contribution in [2.24, 2.45) is 5.41 Å². The predicted molar refractivity (Wildman–Crippen MR) is 91.6 cm³/mol. The number of allylic oxidation sites excluding steroid dienone is 1. The molecule has 1 rings (SSSR count). The maximum absolute atomic E-state index is 11.9. The zero-order chi connectivity index (χ0) is 15.9. The first-order valence-electron chi connectivity index (χ1n) is 7.60. The Bertz CT molecular complexity index is 442. The summed E-state index contributed by atoms with van der Waals surface area (Å²) < 4.78 is 0. The van der Waals surface area contributed by atoms with Gasteiger partial charge < -0.3 is 5.32 Å². The van der Waals surface area contributed by atoms with Crippen molar-refractivity contribution >= 4 is 17.2 Å². The average Bonchev–Trinajstić information content (AvgIpc) is 2.94. The maximum atomic E-state index is 11.9. The molecule has 0 spiro atoms. The Hall–Kier alpha value is -1.13. The van der Waals surface area contributed by atoms with Crippen LogP contribution in [-0.2, 0) is 4.79 Å². The summed E-state index contributed by atoms with van der Waals surface area (Å²) in [6, 6.07) is 2.39. The molecule has 1 atom stereocenters. The summed E-state index contributed by atoms with van der Waals surface area (Å²) in [5.74, 6) is -0.0164. The number of nitrogens with zero attached hydrogens (tertiary/aromatic N) is 1. The normalized spacial score (nSPS) is 13.8. The fraction of sp³-hybridized carbons (Fsp3) is 0.588. The molecule has 1 aromatic rings. The molecule has 0 saturated heterocycles. The van der Waals surface area contributed by atoms with E-state index in [1.54, 1.807) is 17.4 Å². The molecule has 0 bridgehead atoms. The van der Waals surface area contributed by atoms with Crippen molar-refractivity contribution in [3.63, 3.8) is 0 Å². The molecule has 21 heavy (non-hydrogen) atoms. The van der Waals surface area contributed by atoms with Crippen molar-refractivity contribution in [1.29, 1.82) is 0 Å². The molecular formula is C17H28N2OS. The van der Waals surface area contributed by atoms with E-state index in [1.807, 2.05) is 6.08 Å². The monoisotopic (exact) mass is 308 g/mol. The Morgan fingerprint density at radius 1 is 1.38 bits per heavy atom. The molecule has 3 nitrogen and oxygen atoms in total. The minimum atomic E-state index is -0.0164. The van der Waals surface area contributed by atoms with Crippen LogP contribution < -0.4 is 5.32 Å². The van der Waals surface area contributed by atoms with E-state index in [1.165, 1.54) is 5.56 Å². The van der Waals surface area contributed by atoms with Crippen molar-refractivity contribution in [2.45, 2.75) is 40.7 Å².